The molecule has 4 nitrogen and oxygen atoms in total. The Morgan fingerprint density at radius 2 is 1.95 bits per heavy atom. The van der Waals surface area contributed by atoms with Crippen molar-refractivity contribution in [2.24, 2.45) is 5.92 Å². The van der Waals surface area contributed by atoms with Crippen molar-refractivity contribution in [1.29, 1.82) is 0 Å². The van der Waals surface area contributed by atoms with Gasteiger partial charge < -0.3 is 10.1 Å². The second-order valence-electron chi connectivity index (χ2n) is 6.01. The van der Waals surface area contributed by atoms with E-state index in [-0.39, 0.29) is 0 Å². The normalized spacial score (nSPS) is 22.3. The van der Waals surface area contributed by atoms with E-state index in [9.17, 15) is 0 Å². The molecule has 1 saturated carbocycles. The fourth-order valence-corrected chi connectivity index (χ4v) is 3.24. The van der Waals surface area contributed by atoms with Gasteiger partial charge in [-0.05, 0) is 41.1 Å². The van der Waals surface area contributed by atoms with Gasteiger partial charge >= 0.3 is 0 Å². The van der Waals surface area contributed by atoms with Gasteiger partial charge in [0.25, 0.3) is 0 Å². The van der Waals surface area contributed by atoms with Crippen LogP contribution in [-0.2, 0) is 11.3 Å². The first-order chi connectivity index (χ1) is 10.2. The predicted octanol–water partition coefficient (Wildman–Crippen LogP) is 4.50. The molecule has 1 fully saturated rings. The second-order valence-corrected chi connectivity index (χ2v) is 6.80. The first-order valence-electron chi connectivity index (χ1n) is 7.94. The van der Waals surface area contributed by atoms with Gasteiger partial charge in [0, 0.05) is 19.6 Å². The molecular formula is C16H26BrN3O. The Hall–Kier alpha value is -0.680. The minimum Gasteiger partial charge on any atom is -0.378 e. The maximum atomic E-state index is 5.28. The summed E-state index contributed by atoms with van der Waals surface area (Å²) in [6.07, 6.45) is 6.03. The Balaban J connectivity index is 2.25. The topological polar surface area (TPSA) is 47.0 Å². The zero-order chi connectivity index (χ0) is 15.2. The summed E-state index contributed by atoms with van der Waals surface area (Å²) in [5, 5.41) is 3.40. The zero-order valence-electron chi connectivity index (χ0n) is 13.3. The minimum atomic E-state index is 0.493. The molecule has 0 aliphatic heterocycles. The molecule has 21 heavy (non-hydrogen) atoms. The Labute approximate surface area is 136 Å². The van der Waals surface area contributed by atoms with Crippen molar-refractivity contribution in [3.8, 4) is 0 Å². The summed E-state index contributed by atoms with van der Waals surface area (Å²) in [6, 6.07) is 0. The van der Waals surface area contributed by atoms with E-state index in [4.69, 9.17) is 14.7 Å². The smallest absolute Gasteiger partial charge is 0.144 e. The Kier molecular flexibility index (Phi) is 6.42. The van der Waals surface area contributed by atoms with Gasteiger partial charge in [-0.25, -0.2) is 9.97 Å². The number of ether oxygens (including phenoxy) is 1. The second kappa shape index (κ2) is 8.08. The molecule has 0 aromatic carbocycles. The third-order valence-electron chi connectivity index (χ3n) is 4.14. The SMILES string of the molecule is CCCNc1nc(C2CCC(C)CC2)nc(COC)c1Br. The van der Waals surface area contributed by atoms with Gasteiger partial charge in [-0.3, -0.25) is 0 Å². The van der Waals surface area contributed by atoms with Crippen molar-refractivity contribution in [2.45, 2.75) is 58.5 Å². The average Bonchev–Trinajstić information content (AvgIpc) is 2.49. The standard InChI is InChI=1S/C16H26BrN3O/c1-4-9-18-16-14(17)13(10-21-3)19-15(20-16)12-7-5-11(2)6-8-12/h11-12H,4-10H2,1-3H3,(H,18,19,20). The van der Waals surface area contributed by atoms with Crippen LogP contribution in [0.15, 0.2) is 4.47 Å². The van der Waals surface area contributed by atoms with Crippen LogP contribution < -0.4 is 5.32 Å². The maximum Gasteiger partial charge on any atom is 0.144 e. The lowest BCUT2D eigenvalue weighted by atomic mass is 9.82. The van der Waals surface area contributed by atoms with Crippen molar-refractivity contribution in [1.82, 2.24) is 9.97 Å². The number of nitrogens with one attached hydrogen (secondary N) is 1. The van der Waals surface area contributed by atoms with Crippen LogP contribution in [0.25, 0.3) is 0 Å². The van der Waals surface area contributed by atoms with Crippen molar-refractivity contribution in [3.05, 3.63) is 16.0 Å². The molecule has 1 aromatic heterocycles. The van der Waals surface area contributed by atoms with E-state index in [2.05, 4.69) is 35.1 Å². The van der Waals surface area contributed by atoms with Crippen molar-refractivity contribution in [2.75, 3.05) is 19.0 Å². The zero-order valence-corrected chi connectivity index (χ0v) is 14.9. The fourth-order valence-electron chi connectivity index (χ4n) is 2.81. The van der Waals surface area contributed by atoms with Crippen LogP contribution in [0, 0.1) is 5.92 Å². The lowest BCUT2D eigenvalue weighted by molar-refractivity contribution is 0.180. The number of methoxy groups -OCH3 is 1. The highest BCUT2D eigenvalue weighted by atomic mass is 79.9. The monoisotopic (exact) mass is 355 g/mol. The lowest BCUT2D eigenvalue weighted by Crippen LogP contribution is -2.16. The van der Waals surface area contributed by atoms with Gasteiger partial charge in [-0.2, -0.15) is 0 Å². The molecular weight excluding hydrogens is 330 g/mol. The minimum absolute atomic E-state index is 0.493. The van der Waals surface area contributed by atoms with Crippen LogP contribution in [0.1, 0.15) is 63.4 Å². The van der Waals surface area contributed by atoms with Crippen LogP contribution in [0.3, 0.4) is 0 Å². The van der Waals surface area contributed by atoms with E-state index in [1.165, 1.54) is 25.7 Å². The molecule has 1 heterocycles. The highest BCUT2D eigenvalue weighted by Crippen LogP contribution is 2.36. The summed E-state index contributed by atoms with van der Waals surface area (Å²) in [5.74, 6) is 3.23. The molecule has 5 heteroatoms. The van der Waals surface area contributed by atoms with E-state index in [1.54, 1.807) is 7.11 Å². The van der Waals surface area contributed by atoms with E-state index in [1.807, 2.05) is 0 Å². The van der Waals surface area contributed by atoms with Crippen LogP contribution in [-0.4, -0.2) is 23.6 Å². The number of anilines is 1. The molecule has 0 saturated heterocycles. The summed E-state index contributed by atoms with van der Waals surface area (Å²) in [5.41, 5.74) is 0.944. The van der Waals surface area contributed by atoms with E-state index < -0.39 is 0 Å². The Morgan fingerprint density at radius 3 is 2.57 bits per heavy atom. The molecule has 0 unspecified atom stereocenters. The van der Waals surface area contributed by atoms with Gasteiger partial charge in [-0.15, -0.1) is 0 Å². The van der Waals surface area contributed by atoms with E-state index in [0.717, 1.165) is 40.7 Å². The quantitative estimate of drug-likeness (QED) is 0.815. The molecule has 0 atom stereocenters. The number of hydrogen-bond acceptors (Lipinski definition) is 4. The summed E-state index contributed by atoms with van der Waals surface area (Å²) >= 11 is 3.61. The van der Waals surface area contributed by atoms with E-state index >= 15 is 0 Å². The fraction of sp³-hybridized carbons (Fsp3) is 0.750. The first kappa shape index (κ1) is 16.7. The van der Waals surface area contributed by atoms with Crippen LogP contribution in [0.2, 0.25) is 0 Å². The third kappa shape index (κ3) is 4.39. The predicted molar refractivity (Wildman–Crippen MR) is 89.6 cm³/mol. The first-order valence-corrected chi connectivity index (χ1v) is 8.74. The van der Waals surface area contributed by atoms with E-state index in [0.29, 0.717) is 12.5 Å². The summed E-state index contributed by atoms with van der Waals surface area (Å²) in [7, 11) is 1.70. The number of aromatic nitrogens is 2. The Bertz CT molecular complexity index is 459. The molecule has 1 aliphatic carbocycles. The molecule has 0 spiro atoms. The largest absolute Gasteiger partial charge is 0.378 e. The molecule has 0 radical (unpaired) electrons. The van der Waals surface area contributed by atoms with Gasteiger partial charge in [0.2, 0.25) is 0 Å². The third-order valence-corrected chi connectivity index (χ3v) is 4.97. The Morgan fingerprint density at radius 1 is 1.24 bits per heavy atom. The highest BCUT2D eigenvalue weighted by molar-refractivity contribution is 9.10. The van der Waals surface area contributed by atoms with Gasteiger partial charge in [0.15, 0.2) is 0 Å². The molecule has 0 bridgehead atoms. The molecule has 1 aliphatic rings. The summed E-state index contributed by atoms with van der Waals surface area (Å²) < 4.78 is 6.22. The number of nitrogens with zero attached hydrogens (tertiary/aromatic N) is 2. The highest BCUT2D eigenvalue weighted by Gasteiger charge is 2.24. The van der Waals surface area contributed by atoms with Gasteiger partial charge in [0.1, 0.15) is 11.6 Å². The number of rotatable bonds is 6. The van der Waals surface area contributed by atoms with Gasteiger partial charge in [-0.1, -0.05) is 26.7 Å². The summed E-state index contributed by atoms with van der Waals surface area (Å²) in [6.45, 7) is 5.92. The lowest BCUT2D eigenvalue weighted by Gasteiger charge is -2.26. The molecule has 1 N–H and O–H groups in total. The van der Waals surface area contributed by atoms with Crippen molar-refractivity contribution >= 4 is 21.7 Å². The molecule has 0 amide bonds. The molecule has 2 rings (SSSR count). The number of halogens is 1. The summed E-state index contributed by atoms with van der Waals surface area (Å²) in [4.78, 5) is 9.53. The van der Waals surface area contributed by atoms with Crippen molar-refractivity contribution in [3.63, 3.8) is 0 Å². The van der Waals surface area contributed by atoms with Crippen LogP contribution in [0.5, 0.6) is 0 Å². The molecule has 1 aromatic rings. The number of hydrogen-bond donors (Lipinski definition) is 1. The van der Waals surface area contributed by atoms with Gasteiger partial charge in [0.05, 0.1) is 16.8 Å². The van der Waals surface area contributed by atoms with Crippen molar-refractivity contribution < 1.29 is 4.74 Å². The molecule has 118 valence electrons. The maximum absolute atomic E-state index is 5.28. The average molecular weight is 356 g/mol. The van der Waals surface area contributed by atoms with Crippen LogP contribution in [0.4, 0.5) is 5.82 Å². The van der Waals surface area contributed by atoms with Crippen LogP contribution >= 0.6 is 15.9 Å².